The molecule has 0 radical (unpaired) electrons. The van der Waals surface area contributed by atoms with E-state index < -0.39 is 0 Å². The van der Waals surface area contributed by atoms with Crippen molar-refractivity contribution in [2.75, 3.05) is 6.61 Å². The van der Waals surface area contributed by atoms with Gasteiger partial charge in [0.25, 0.3) is 0 Å². The number of fused-ring (bicyclic) bond motifs is 3. The van der Waals surface area contributed by atoms with Crippen molar-refractivity contribution in [2.45, 2.75) is 12.8 Å². The summed E-state index contributed by atoms with van der Waals surface area (Å²) >= 11 is 0. The summed E-state index contributed by atoms with van der Waals surface area (Å²) in [5.41, 5.74) is 2.40. The fourth-order valence-corrected chi connectivity index (χ4v) is 2.33. The Bertz CT molecular complexity index is 554. The van der Waals surface area contributed by atoms with Gasteiger partial charge in [0.1, 0.15) is 5.75 Å². The van der Waals surface area contributed by atoms with Gasteiger partial charge in [0, 0.05) is 5.56 Å². The normalized spacial score (nSPS) is 15.4. The number of allylic oxidation sites excluding steroid dienone is 1. The highest BCUT2D eigenvalue weighted by Gasteiger charge is 2.14. The molecule has 16 heavy (non-hydrogen) atoms. The van der Waals surface area contributed by atoms with Gasteiger partial charge >= 0.3 is 0 Å². The van der Waals surface area contributed by atoms with Crippen molar-refractivity contribution in [3.63, 3.8) is 0 Å². The predicted molar refractivity (Wildman–Crippen MR) is 67.7 cm³/mol. The summed E-state index contributed by atoms with van der Waals surface area (Å²) < 4.78 is 5.77. The molecule has 0 spiro atoms. The third-order valence-electron chi connectivity index (χ3n) is 3.12. The smallest absolute Gasteiger partial charge is 0.127 e. The molecule has 1 heterocycles. The summed E-state index contributed by atoms with van der Waals surface area (Å²) in [6, 6.07) is 12.6. The molecule has 0 atom stereocenters. The van der Waals surface area contributed by atoms with Crippen LogP contribution in [0.3, 0.4) is 0 Å². The molecular formula is C15H14O. The SMILES string of the molecule is C=C1CCCOc2ccc3ccccc3c21. The van der Waals surface area contributed by atoms with E-state index in [9.17, 15) is 0 Å². The fraction of sp³-hybridized carbons (Fsp3) is 0.200. The zero-order chi connectivity index (χ0) is 11.0. The Balaban J connectivity index is 2.35. The summed E-state index contributed by atoms with van der Waals surface area (Å²) in [6.07, 6.45) is 2.09. The second-order valence-electron chi connectivity index (χ2n) is 4.22. The molecule has 2 aromatic rings. The van der Waals surface area contributed by atoms with E-state index in [4.69, 9.17) is 4.74 Å². The molecule has 0 amide bonds. The van der Waals surface area contributed by atoms with Gasteiger partial charge in [-0.15, -0.1) is 0 Å². The minimum absolute atomic E-state index is 0.796. The Morgan fingerprint density at radius 1 is 1.06 bits per heavy atom. The number of hydrogen-bond donors (Lipinski definition) is 0. The lowest BCUT2D eigenvalue weighted by Gasteiger charge is -2.11. The van der Waals surface area contributed by atoms with Gasteiger partial charge in [-0.3, -0.25) is 0 Å². The van der Waals surface area contributed by atoms with Crippen LogP contribution in [0.25, 0.3) is 16.3 Å². The maximum Gasteiger partial charge on any atom is 0.127 e. The Labute approximate surface area is 95.4 Å². The van der Waals surface area contributed by atoms with E-state index in [0.29, 0.717) is 0 Å². The molecule has 0 saturated heterocycles. The molecule has 80 valence electrons. The van der Waals surface area contributed by atoms with E-state index in [1.807, 2.05) is 0 Å². The van der Waals surface area contributed by atoms with Crippen molar-refractivity contribution in [1.29, 1.82) is 0 Å². The minimum atomic E-state index is 0.796. The molecule has 1 heteroatoms. The number of rotatable bonds is 0. The molecule has 0 bridgehead atoms. The van der Waals surface area contributed by atoms with E-state index in [0.717, 1.165) is 25.2 Å². The van der Waals surface area contributed by atoms with Crippen LogP contribution in [0.15, 0.2) is 43.0 Å². The van der Waals surface area contributed by atoms with E-state index in [-0.39, 0.29) is 0 Å². The Kier molecular flexibility index (Phi) is 2.17. The first-order chi connectivity index (χ1) is 7.86. The Hall–Kier alpha value is -1.76. The van der Waals surface area contributed by atoms with Gasteiger partial charge in [-0.05, 0) is 35.3 Å². The predicted octanol–water partition coefficient (Wildman–Crippen LogP) is 4.03. The van der Waals surface area contributed by atoms with Crippen LogP contribution in [0.1, 0.15) is 18.4 Å². The van der Waals surface area contributed by atoms with Crippen molar-refractivity contribution < 1.29 is 4.74 Å². The molecule has 0 fully saturated rings. The molecule has 1 nitrogen and oxygen atoms in total. The largest absolute Gasteiger partial charge is 0.493 e. The number of ether oxygens (including phenoxy) is 1. The highest BCUT2D eigenvalue weighted by molar-refractivity contribution is 5.96. The lowest BCUT2D eigenvalue weighted by atomic mass is 9.96. The van der Waals surface area contributed by atoms with Crippen LogP contribution in [-0.4, -0.2) is 6.61 Å². The first kappa shape index (κ1) is 9.46. The Morgan fingerprint density at radius 3 is 2.88 bits per heavy atom. The highest BCUT2D eigenvalue weighted by atomic mass is 16.5. The summed E-state index contributed by atoms with van der Waals surface area (Å²) in [5, 5.41) is 2.51. The Morgan fingerprint density at radius 2 is 1.94 bits per heavy atom. The maximum absolute atomic E-state index is 5.77. The zero-order valence-corrected chi connectivity index (χ0v) is 9.20. The highest BCUT2D eigenvalue weighted by Crippen LogP contribution is 2.36. The fourth-order valence-electron chi connectivity index (χ4n) is 2.33. The van der Waals surface area contributed by atoms with Crippen LogP contribution in [0.2, 0.25) is 0 Å². The van der Waals surface area contributed by atoms with E-state index in [2.05, 4.69) is 43.0 Å². The monoisotopic (exact) mass is 210 g/mol. The van der Waals surface area contributed by atoms with Crippen molar-refractivity contribution in [3.8, 4) is 5.75 Å². The first-order valence-corrected chi connectivity index (χ1v) is 5.69. The van der Waals surface area contributed by atoms with Crippen molar-refractivity contribution in [3.05, 3.63) is 48.5 Å². The second kappa shape index (κ2) is 3.67. The number of benzene rings is 2. The van der Waals surface area contributed by atoms with Crippen molar-refractivity contribution >= 4 is 16.3 Å². The zero-order valence-electron chi connectivity index (χ0n) is 9.20. The molecule has 1 aliphatic rings. The van der Waals surface area contributed by atoms with E-state index in [1.54, 1.807) is 0 Å². The van der Waals surface area contributed by atoms with Gasteiger partial charge in [0.05, 0.1) is 6.61 Å². The van der Waals surface area contributed by atoms with E-state index in [1.165, 1.54) is 21.9 Å². The lowest BCUT2D eigenvalue weighted by molar-refractivity contribution is 0.318. The topological polar surface area (TPSA) is 9.23 Å². The second-order valence-corrected chi connectivity index (χ2v) is 4.22. The van der Waals surface area contributed by atoms with Gasteiger partial charge in [0.15, 0.2) is 0 Å². The van der Waals surface area contributed by atoms with Crippen LogP contribution in [-0.2, 0) is 0 Å². The molecule has 2 aromatic carbocycles. The van der Waals surface area contributed by atoms with Crippen LogP contribution < -0.4 is 4.74 Å². The summed E-state index contributed by atoms with van der Waals surface area (Å²) in [4.78, 5) is 0. The lowest BCUT2D eigenvalue weighted by Crippen LogP contribution is -1.94. The molecule has 0 aliphatic carbocycles. The summed E-state index contributed by atoms with van der Waals surface area (Å²) in [6.45, 7) is 4.98. The van der Waals surface area contributed by atoms with Crippen LogP contribution in [0, 0.1) is 0 Å². The number of hydrogen-bond acceptors (Lipinski definition) is 1. The van der Waals surface area contributed by atoms with Gasteiger partial charge in [-0.25, -0.2) is 0 Å². The van der Waals surface area contributed by atoms with Crippen molar-refractivity contribution in [2.24, 2.45) is 0 Å². The minimum Gasteiger partial charge on any atom is -0.493 e. The molecule has 0 N–H and O–H groups in total. The first-order valence-electron chi connectivity index (χ1n) is 5.69. The van der Waals surface area contributed by atoms with Crippen LogP contribution in [0.5, 0.6) is 5.75 Å². The molecule has 0 saturated carbocycles. The summed E-state index contributed by atoms with van der Waals surface area (Å²) in [5.74, 6) is 0.987. The van der Waals surface area contributed by atoms with Crippen molar-refractivity contribution in [1.82, 2.24) is 0 Å². The molecule has 3 rings (SSSR count). The third-order valence-corrected chi connectivity index (χ3v) is 3.12. The quantitative estimate of drug-likeness (QED) is 0.638. The maximum atomic E-state index is 5.77. The van der Waals surface area contributed by atoms with E-state index >= 15 is 0 Å². The molecule has 0 aromatic heterocycles. The summed E-state index contributed by atoms with van der Waals surface area (Å²) in [7, 11) is 0. The van der Waals surface area contributed by atoms with Crippen LogP contribution >= 0.6 is 0 Å². The molecule has 1 aliphatic heterocycles. The average Bonchev–Trinajstić information content (AvgIpc) is 2.51. The van der Waals surface area contributed by atoms with Gasteiger partial charge in [0.2, 0.25) is 0 Å². The van der Waals surface area contributed by atoms with Gasteiger partial charge in [-0.1, -0.05) is 36.9 Å². The van der Waals surface area contributed by atoms with Gasteiger partial charge < -0.3 is 4.74 Å². The third kappa shape index (κ3) is 1.40. The van der Waals surface area contributed by atoms with Crippen LogP contribution in [0.4, 0.5) is 0 Å². The van der Waals surface area contributed by atoms with Gasteiger partial charge in [-0.2, -0.15) is 0 Å². The molecule has 0 unspecified atom stereocenters. The standard InChI is InChI=1S/C15H14O/c1-11-5-4-10-16-14-9-8-12-6-2-3-7-13(12)15(11)14/h2-3,6-9H,1,4-5,10H2. The average molecular weight is 210 g/mol. The molecular weight excluding hydrogens is 196 g/mol.